The first kappa shape index (κ1) is 23.6. The van der Waals surface area contributed by atoms with Crippen molar-refractivity contribution >= 4 is 5.71 Å². The molecule has 0 unspecified atom stereocenters. The van der Waals surface area contributed by atoms with Crippen LogP contribution in [0, 0.1) is 0 Å². The molecule has 1 aliphatic carbocycles. The van der Waals surface area contributed by atoms with Crippen molar-refractivity contribution in [3.05, 3.63) is 83.8 Å². The van der Waals surface area contributed by atoms with Gasteiger partial charge in [-0.15, -0.1) is 0 Å². The van der Waals surface area contributed by atoms with Gasteiger partial charge in [0.2, 0.25) is 0 Å². The second kappa shape index (κ2) is 11.5. The number of nitrogens with zero attached hydrogens (tertiary/aromatic N) is 3. The zero-order valence-corrected chi connectivity index (χ0v) is 18.4. The Morgan fingerprint density at radius 1 is 1.20 bits per heavy atom. The van der Waals surface area contributed by atoms with Crippen molar-refractivity contribution in [1.82, 2.24) is 9.91 Å². The van der Waals surface area contributed by atoms with Gasteiger partial charge in [0.25, 0.3) is 0 Å². The number of halogens is 2. The molecule has 0 aromatic heterocycles. The van der Waals surface area contributed by atoms with Gasteiger partial charge in [-0.1, -0.05) is 43.5 Å². The molecule has 3 nitrogen and oxygen atoms in total. The Kier molecular flexibility index (Phi) is 9.03. The van der Waals surface area contributed by atoms with Crippen molar-refractivity contribution in [1.29, 1.82) is 0 Å². The second-order valence-electron chi connectivity index (χ2n) is 7.80. The first-order valence-electron chi connectivity index (χ1n) is 10.4. The summed E-state index contributed by atoms with van der Waals surface area (Å²) < 4.78 is 27.7. The van der Waals surface area contributed by atoms with Crippen LogP contribution in [-0.2, 0) is 0 Å². The van der Waals surface area contributed by atoms with E-state index in [1.165, 1.54) is 0 Å². The smallest absolute Gasteiger partial charge is 0.107 e. The number of allylic oxidation sites excluding steroid dienone is 9. The summed E-state index contributed by atoms with van der Waals surface area (Å²) in [5.41, 5.74) is 4.54. The monoisotopic (exact) mass is 413 g/mol. The van der Waals surface area contributed by atoms with Crippen LogP contribution in [0.2, 0.25) is 0 Å². The molecule has 0 saturated carbocycles. The highest BCUT2D eigenvalue weighted by Crippen LogP contribution is 2.27. The molecule has 0 saturated heterocycles. The third kappa shape index (κ3) is 7.29. The van der Waals surface area contributed by atoms with E-state index in [0.29, 0.717) is 32.2 Å². The minimum Gasteiger partial charge on any atom is -0.351 e. The Morgan fingerprint density at radius 3 is 2.67 bits per heavy atom. The summed E-state index contributed by atoms with van der Waals surface area (Å²) in [6.45, 7) is 10.2. The zero-order chi connectivity index (χ0) is 22.1. The standard InChI is InChI=1S/C25H33F2N3/c1-19-18-30(17-16-22-10-8-6-7-9-11-24(22)27)21(3)13-14-23(19)25(28-29(4)5)15-12-20(2)26/h7-10,14,18H,2-3,6,11-13,15-17H2,1,4-5H3/b9-7-,10-8?,24-22-,28-25+. The Balaban J connectivity index is 2.19. The molecule has 0 aromatic rings. The molecule has 30 heavy (non-hydrogen) atoms. The first-order chi connectivity index (χ1) is 14.3. The highest BCUT2D eigenvalue weighted by Gasteiger charge is 2.17. The summed E-state index contributed by atoms with van der Waals surface area (Å²) in [5, 5.41) is 6.30. The molecule has 2 aliphatic rings. The van der Waals surface area contributed by atoms with Gasteiger partial charge in [-0.2, -0.15) is 5.10 Å². The van der Waals surface area contributed by atoms with Crippen LogP contribution in [0.15, 0.2) is 88.9 Å². The lowest BCUT2D eigenvalue weighted by Crippen LogP contribution is -2.18. The molecule has 0 spiro atoms. The molecule has 0 aromatic carbocycles. The lowest BCUT2D eigenvalue weighted by Gasteiger charge is -2.22. The number of hydrogen-bond donors (Lipinski definition) is 0. The van der Waals surface area contributed by atoms with Gasteiger partial charge < -0.3 is 9.91 Å². The maximum atomic E-state index is 14.4. The minimum absolute atomic E-state index is 0.0750. The van der Waals surface area contributed by atoms with Gasteiger partial charge in [-0.3, -0.25) is 0 Å². The third-order valence-corrected chi connectivity index (χ3v) is 5.01. The topological polar surface area (TPSA) is 18.8 Å². The van der Waals surface area contributed by atoms with E-state index in [-0.39, 0.29) is 18.1 Å². The molecule has 0 atom stereocenters. The van der Waals surface area contributed by atoms with Crippen LogP contribution in [0.5, 0.6) is 0 Å². The van der Waals surface area contributed by atoms with Gasteiger partial charge in [0, 0.05) is 51.8 Å². The van der Waals surface area contributed by atoms with Crippen molar-refractivity contribution in [3.8, 4) is 0 Å². The molecular formula is C25H33F2N3. The Bertz CT molecular complexity index is 838. The maximum absolute atomic E-state index is 14.4. The summed E-state index contributed by atoms with van der Waals surface area (Å²) in [4.78, 5) is 2.09. The molecule has 162 valence electrons. The van der Waals surface area contributed by atoms with Crippen LogP contribution in [0.1, 0.15) is 45.4 Å². The Hall–Kier alpha value is -2.69. The van der Waals surface area contributed by atoms with Crippen molar-refractivity contribution < 1.29 is 8.78 Å². The average Bonchev–Trinajstić information content (AvgIpc) is 2.80. The van der Waals surface area contributed by atoms with Crippen LogP contribution in [-0.4, -0.2) is 36.3 Å². The quantitative estimate of drug-likeness (QED) is 0.249. The van der Waals surface area contributed by atoms with Crippen LogP contribution >= 0.6 is 0 Å². The van der Waals surface area contributed by atoms with Gasteiger partial charge in [0.15, 0.2) is 0 Å². The maximum Gasteiger partial charge on any atom is 0.107 e. The molecule has 0 fully saturated rings. The van der Waals surface area contributed by atoms with Crippen LogP contribution in [0.4, 0.5) is 8.78 Å². The molecule has 0 bridgehead atoms. The molecule has 1 heterocycles. The Labute approximate surface area is 179 Å². The fourth-order valence-electron chi connectivity index (χ4n) is 3.45. The van der Waals surface area contributed by atoms with Gasteiger partial charge in [-0.25, -0.2) is 8.78 Å². The van der Waals surface area contributed by atoms with E-state index in [0.717, 1.165) is 34.5 Å². The third-order valence-electron chi connectivity index (χ3n) is 5.01. The lowest BCUT2D eigenvalue weighted by molar-refractivity contribution is 0.436. The number of rotatable bonds is 8. The van der Waals surface area contributed by atoms with Crippen molar-refractivity contribution in [2.75, 3.05) is 20.6 Å². The molecule has 5 heteroatoms. The number of hydrazone groups is 1. The normalized spacial score (nSPS) is 21.4. The second-order valence-corrected chi connectivity index (χ2v) is 7.80. The van der Waals surface area contributed by atoms with Crippen molar-refractivity contribution in [2.24, 2.45) is 5.10 Å². The van der Waals surface area contributed by atoms with E-state index < -0.39 is 0 Å². The lowest BCUT2D eigenvalue weighted by atomic mass is 9.98. The van der Waals surface area contributed by atoms with Gasteiger partial charge >= 0.3 is 0 Å². The minimum atomic E-state index is -0.347. The highest BCUT2D eigenvalue weighted by atomic mass is 19.1. The molecule has 0 amide bonds. The van der Waals surface area contributed by atoms with E-state index in [9.17, 15) is 8.78 Å². The van der Waals surface area contributed by atoms with E-state index in [1.54, 1.807) is 5.01 Å². The summed E-state index contributed by atoms with van der Waals surface area (Å²) >= 11 is 0. The fraction of sp³-hybridized carbons (Fsp3) is 0.400. The van der Waals surface area contributed by atoms with E-state index in [2.05, 4.69) is 29.2 Å². The van der Waals surface area contributed by atoms with Crippen LogP contribution in [0.3, 0.4) is 0 Å². The summed E-state index contributed by atoms with van der Waals surface area (Å²) in [5.74, 6) is -0.422. The van der Waals surface area contributed by atoms with E-state index in [4.69, 9.17) is 0 Å². The van der Waals surface area contributed by atoms with Crippen LogP contribution in [0.25, 0.3) is 0 Å². The fourth-order valence-corrected chi connectivity index (χ4v) is 3.45. The largest absolute Gasteiger partial charge is 0.351 e. The molecule has 1 aliphatic heterocycles. The summed E-state index contributed by atoms with van der Waals surface area (Å²) in [6, 6.07) is 0. The summed E-state index contributed by atoms with van der Waals surface area (Å²) in [7, 11) is 3.71. The van der Waals surface area contributed by atoms with E-state index >= 15 is 0 Å². The molecule has 0 N–H and O–H groups in total. The predicted molar refractivity (Wildman–Crippen MR) is 123 cm³/mol. The average molecular weight is 414 g/mol. The van der Waals surface area contributed by atoms with E-state index in [1.807, 2.05) is 51.5 Å². The first-order valence-corrected chi connectivity index (χ1v) is 10.4. The molecule has 2 rings (SSSR count). The van der Waals surface area contributed by atoms with Crippen molar-refractivity contribution in [3.63, 3.8) is 0 Å². The predicted octanol–water partition coefficient (Wildman–Crippen LogP) is 6.74. The number of hydrogen-bond acceptors (Lipinski definition) is 3. The van der Waals surface area contributed by atoms with Gasteiger partial charge in [0.05, 0.1) is 11.5 Å². The van der Waals surface area contributed by atoms with Crippen LogP contribution < -0.4 is 0 Å². The van der Waals surface area contributed by atoms with Crippen molar-refractivity contribution in [2.45, 2.75) is 45.4 Å². The van der Waals surface area contributed by atoms with Gasteiger partial charge in [0.1, 0.15) is 5.83 Å². The highest BCUT2D eigenvalue weighted by molar-refractivity contribution is 6.03. The zero-order valence-electron chi connectivity index (χ0n) is 18.4. The SMILES string of the molecule is C=C(F)CC/C(=N\N(C)C)C1=CCC(=C)N(CC/C2=C(\F)C/C=C\CC=C2)C=C1C. The molecular weight excluding hydrogens is 380 g/mol. The molecule has 0 radical (unpaired) electrons. The Morgan fingerprint density at radius 2 is 1.97 bits per heavy atom. The van der Waals surface area contributed by atoms with Gasteiger partial charge in [-0.05, 0) is 42.9 Å². The summed E-state index contributed by atoms with van der Waals surface area (Å²) in [6.07, 6.45) is 15.1.